The summed E-state index contributed by atoms with van der Waals surface area (Å²) in [7, 11) is 0. The van der Waals surface area contributed by atoms with Gasteiger partial charge in [0.25, 0.3) is 5.92 Å². The van der Waals surface area contributed by atoms with Crippen LogP contribution < -0.4 is 5.73 Å². The van der Waals surface area contributed by atoms with Crippen molar-refractivity contribution >= 4 is 35.4 Å². The lowest BCUT2D eigenvalue weighted by molar-refractivity contribution is 0.0115. The Morgan fingerprint density at radius 3 is 2.27 bits per heavy atom. The lowest BCUT2D eigenvalue weighted by atomic mass is 10.0. The smallest absolute Gasteiger partial charge is 0.264 e. The molecule has 0 atom stereocenters. The molecule has 22 heavy (non-hydrogen) atoms. The summed E-state index contributed by atoms with van der Waals surface area (Å²) in [5, 5.41) is 1.07. The molecule has 0 saturated heterocycles. The van der Waals surface area contributed by atoms with E-state index in [1.54, 1.807) is 48.6 Å². The first-order valence-electron chi connectivity index (χ1n) is 6.70. The van der Waals surface area contributed by atoms with E-state index < -0.39 is 12.5 Å². The summed E-state index contributed by atoms with van der Waals surface area (Å²) in [6.45, 7) is -0.664. The fraction of sp³-hybridized carbons (Fsp3) is 0.176. The topological polar surface area (TPSA) is 26.0 Å². The Morgan fingerprint density at radius 1 is 1.00 bits per heavy atom. The van der Waals surface area contributed by atoms with Gasteiger partial charge in [-0.1, -0.05) is 65.7 Å². The second-order valence-electron chi connectivity index (χ2n) is 4.95. The van der Waals surface area contributed by atoms with Crippen molar-refractivity contribution in [2.24, 2.45) is 5.73 Å². The van der Waals surface area contributed by atoms with Gasteiger partial charge in [-0.25, -0.2) is 8.78 Å². The molecule has 0 amide bonds. The first kappa shape index (κ1) is 16.9. The lowest BCUT2D eigenvalue weighted by Crippen LogP contribution is -2.30. The maximum absolute atomic E-state index is 13.3. The third kappa shape index (κ3) is 4.54. The molecule has 116 valence electrons. The van der Waals surface area contributed by atoms with Gasteiger partial charge in [-0.3, -0.25) is 0 Å². The molecule has 0 aromatic heterocycles. The Hall–Kier alpha value is -1.42. The van der Waals surface area contributed by atoms with E-state index in [0.717, 1.165) is 5.56 Å². The SMILES string of the molecule is NCC(F)(F)Cc1cccc(C=Cc2c(Cl)cccc2Cl)c1. The summed E-state index contributed by atoms with van der Waals surface area (Å²) in [6.07, 6.45) is 3.18. The fourth-order valence-corrected chi connectivity index (χ4v) is 2.55. The first-order chi connectivity index (χ1) is 10.4. The minimum absolute atomic E-state index is 0.377. The molecule has 0 aliphatic rings. The van der Waals surface area contributed by atoms with Gasteiger partial charge in [0.1, 0.15) is 0 Å². The molecule has 0 heterocycles. The number of alkyl halides is 2. The summed E-state index contributed by atoms with van der Waals surface area (Å²) in [6, 6.07) is 12.2. The van der Waals surface area contributed by atoms with Crippen LogP contribution in [0.15, 0.2) is 42.5 Å². The van der Waals surface area contributed by atoms with Crippen molar-refractivity contribution in [2.45, 2.75) is 12.3 Å². The van der Waals surface area contributed by atoms with E-state index in [1.165, 1.54) is 0 Å². The molecule has 1 nitrogen and oxygen atoms in total. The lowest BCUT2D eigenvalue weighted by Gasteiger charge is -2.13. The van der Waals surface area contributed by atoms with E-state index >= 15 is 0 Å². The summed E-state index contributed by atoms with van der Waals surface area (Å²) in [5.74, 6) is -2.89. The van der Waals surface area contributed by atoms with Crippen molar-refractivity contribution < 1.29 is 8.78 Å². The molecule has 2 aromatic rings. The van der Waals surface area contributed by atoms with Crippen molar-refractivity contribution in [3.05, 3.63) is 69.2 Å². The highest BCUT2D eigenvalue weighted by molar-refractivity contribution is 6.37. The maximum Gasteiger partial charge on any atom is 0.264 e. The van der Waals surface area contributed by atoms with Gasteiger partial charge in [-0.15, -0.1) is 0 Å². The van der Waals surface area contributed by atoms with Gasteiger partial charge in [0.2, 0.25) is 0 Å². The molecule has 0 aliphatic carbocycles. The van der Waals surface area contributed by atoms with E-state index in [-0.39, 0.29) is 6.42 Å². The average molecular weight is 342 g/mol. The minimum Gasteiger partial charge on any atom is -0.325 e. The van der Waals surface area contributed by atoms with E-state index in [1.807, 2.05) is 6.07 Å². The van der Waals surface area contributed by atoms with Crippen LogP contribution in [-0.4, -0.2) is 12.5 Å². The molecule has 0 spiro atoms. The van der Waals surface area contributed by atoms with Crippen LogP contribution in [0.5, 0.6) is 0 Å². The number of hydrogen-bond donors (Lipinski definition) is 1. The Balaban J connectivity index is 2.22. The van der Waals surface area contributed by atoms with Crippen molar-refractivity contribution in [1.82, 2.24) is 0 Å². The molecule has 0 aliphatic heterocycles. The van der Waals surface area contributed by atoms with Crippen LogP contribution in [0.3, 0.4) is 0 Å². The number of nitrogens with two attached hydrogens (primary N) is 1. The molecule has 5 heteroatoms. The Bertz CT molecular complexity index is 664. The first-order valence-corrected chi connectivity index (χ1v) is 7.46. The van der Waals surface area contributed by atoms with E-state index in [4.69, 9.17) is 28.9 Å². The highest BCUT2D eigenvalue weighted by Gasteiger charge is 2.26. The van der Waals surface area contributed by atoms with Gasteiger partial charge >= 0.3 is 0 Å². The summed E-state index contributed by atoms with van der Waals surface area (Å²) >= 11 is 12.2. The van der Waals surface area contributed by atoms with Gasteiger partial charge < -0.3 is 5.73 Å². The van der Waals surface area contributed by atoms with E-state index in [2.05, 4.69) is 0 Å². The van der Waals surface area contributed by atoms with Crippen LogP contribution in [-0.2, 0) is 6.42 Å². The molecular formula is C17H15Cl2F2N. The molecule has 2 aromatic carbocycles. The van der Waals surface area contributed by atoms with Crippen molar-refractivity contribution in [3.8, 4) is 0 Å². The normalized spacial score (nSPS) is 12.0. The van der Waals surface area contributed by atoms with E-state index in [9.17, 15) is 8.78 Å². The largest absolute Gasteiger partial charge is 0.325 e. The number of benzene rings is 2. The molecule has 0 fully saturated rings. The summed E-state index contributed by atoms with van der Waals surface area (Å²) in [4.78, 5) is 0. The van der Waals surface area contributed by atoms with Crippen LogP contribution in [0.25, 0.3) is 12.2 Å². The van der Waals surface area contributed by atoms with Crippen LogP contribution in [0, 0.1) is 0 Å². The molecular weight excluding hydrogens is 327 g/mol. The van der Waals surface area contributed by atoms with Crippen molar-refractivity contribution in [3.63, 3.8) is 0 Å². The van der Waals surface area contributed by atoms with Crippen LogP contribution in [0.1, 0.15) is 16.7 Å². The number of halogens is 4. The average Bonchev–Trinajstić information content (AvgIpc) is 2.47. The maximum atomic E-state index is 13.3. The van der Waals surface area contributed by atoms with Gasteiger partial charge in [0.15, 0.2) is 0 Å². The quantitative estimate of drug-likeness (QED) is 0.733. The zero-order valence-electron chi connectivity index (χ0n) is 11.7. The Kier molecular flexibility index (Phi) is 5.57. The fourth-order valence-electron chi connectivity index (χ4n) is 2.03. The second kappa shape index (κ2) is 7.23. The zero-order chi connectivity index (χ0) is 16.2. The highest BCUT2D eigenvalue weighted by atomic mass is 35.5. The molecule has 2 rings (SSSR count). The van der Waals surface area contributed by atoms with Gasteiger partial charge in [-0.2, -0.15) is 0 Å². The van der Waals surface area contributed by atoms with E-state index in [0.29, 0.717) is 21.2 Å². The molecule has 0 bridgehead atoms. The predicted octanol–water partition coefficient (Wildman–Crippen LogP) is 5.30. The van der Waals surface area contributed by atoms with Crippen molar-refractivity contribution in [1.29, 1.82) is 0 Å². The van der Waals surface area contributed by atoms with Crippen LogP contribution in [0.4, 0.5) is 8.78 Å². The number of rotatable bonds is 5. The van der Waals surface area contributed by atoms with Crippen molar-refractivity contribution in [2.75, 3.05) is 6.54 Å². The molecule has 0 radical (unpaired) electrons. The standard InChI is InChI=1S/C17H15Cl2F2N/c18-15-5-2-6-16(19)14(15)8-7-12-3-1-4-13(9-12)10-17(20,21)11-22/h1-9H,10-11,22H2. The molecule has 2 N–H and O–H groups in total. The predicted molar refractivity (Wildman–Crippen MR) is 89.5 cm³/mol. The molecule has 0 unspecified atom stereocenters. The Labute approximate surface area is 138 Å². The zero-order valence-corrected chi connectivity index (χ0v) is 13.2. The van der Waals surface area contributed by atoms with Gasteiger partial charge in [0.05, 0.1) is 6.54 Å². The number of hydrogen-bond acceptors (Lipinski definition) is 1. The Morgan fingerprint density at radius 2 is 1.64 bits per heavy atom. The second-order valence-corrected chi connectivity index (χ2v) is 5.76. The minimum atomic E-state index is -2.89. The summed E-state index contributed by atoms with van der Waals surface area (Å²) < 4.78 is 26.7. The summed E-state index contributed by atoms with van der Waals surface area (Å²) in [5.41, 5.74) is 7.09. The third-order valence-electron chi connectivity index (χ3n) is 3.15. The van der Waals surface area contributed by atoms with Crippen LogP contribution in [0.2, 0.25) is 10.0 Å². The van der Waals surface area contributed by atoms with Crippen LogP contribution >= 0.6 is 23.2 Å². The monoisotopic (exact) mass is 341 g/mol. The third-order valence-corrected chi connectivity index (χ3v) is 3.81. The highest BCUT2D eigenvalue weighted by Crippen LogP contribution is 2.26. The van der Waals surface area contributed by atoms with Gasteiger partial charge in [-0.05, 0) is 23.3 Å². The molecule has 0 saturated carbocycles. The van der Waals surface area contributed by atoms with Gasteiger partial charge in [0, 0.05) is 22.0 Å².